The van der Waals surface area contributed by atoms with Crippen LogP contribution in [0.5, 0.6) is 0 Å². The standard InChI is InChI=1S/C16H21N5O2/c1-13(12-20-8-10-23-11-9-20)18-16(22)14-4-2-3-5-15(14)21-7-6-17-19-21/h2-7,13H,8-12H2,1H3,(H,18,22). The van der Waals surface area contributed by atoms with Crippen LogP contribution in [0.4, 0.5) is 0 Å². The largest absolute Gasteiger partial charge is 0.379 e. The van der Waals surface area contributed by atoms with Crippen molar-refractivity contribution in [2.45, 2.75) is 13.0 Å². The highest BCUT2D eigenvalue weighted by Crippen LogP contribution is 2.13. The van der Waals surface area contributed by atoms with Gasteiger partial charge in [0.1, 0.15) is 0 Å². The summed E-state index contributed by atoms with van der Waals surface area (Å²) in [5.41, 5.74) is 1.31. The molecule has 7 nitrogen and oxygen atoms in total. The Labute approximate surface area is 135 Å². The van der Waals surface area contributed by atoms with E-state index in [1.165, 1.54) is 0 Å². The van der Waals surface area contributed by atoms with E-state index in [0.717, 1.165) is 38.5 Å². The fourth-order valence-corrected chi connectivity index (χ4v) is 2.72. The molecule has 0 spiro atoms. The van der Waals surface area contributed by atoms with E-state index in [4.69, 9.17) is 4.74 Å². The highest BCUT2D eigenvalue weighted by atomic mass is 16.5. The van der Waals surface area contributed by atoms with Crippen LogP contribution in [-0.2, 0) is 4.74 Å². The second-order valence-corrected chi connectivity index (χ2v) is 5.65. The number of amides is 1. The van der Waals surface area contributed by atoms with Crippen molar-refractivity contribution in [1.82, 2.24) is 25.2 Å². The molecule has 0 radical (unpaired) electrons. The second-order valence-electron chi connectivity index (χ2n) is 5.65. The van der Waals surface area contributed by atoms with Crippen LogP contribution in [0.3, 0.4) is 0 Å². The van der Waals surface area contributed by atoms with Gasteiger partial charge in [-0.25, -0.2) is 4.68 Å². The molecule has 1 saturated heterocycles. The van der Waals surface area contributed by atoms with Crippen LogP contribution < -0.4 is 5.32 Å². The minimum Gasteiger partial charge on any atom is -0.379 e. The van der Waals surface area contributed by atoms with E-state index in [2.05, 4.69) is 20.5 Å². The van der Waals surface area contributed by atoms with Crippen LogP contribution in [-0.4, -0.2) is 64.7 Å². The summed E-state index contributed by atoms with van der Waals surface area (Å²) in [5, 5.41) is 10.8. The Morgan fingerprint density at radius 3 is 2.87 bits per heavy atom. The summed E-state index contributed by atoms with van der Waals surface area (Å²) in [6.07, 6.45) is 3.32. The average Bonchev–Trinajstić information content (AvgIpc) is 3.10. The molecule has 0 aliphatic carbocycles. The molecular formula is C16H21N5O2. The van der Waals surface area contributed by atoms with Gasteiger partial charge in [-0.3, -0.25) is 9.69 Å². The molecule has 1 amide bonds. The molecule has 1 aromatic heterocycles. The second kappa shape index (κ2) is 7.34. The SMILES string of the molecule is CC(CN1CCOCC1)NC(=O)c1ccccc1-n1ccnn1. The number of carbonyl (C=O) groups is 1. The van der Waals surface area contributed by atoms with Crippen molar-refractivity contribution in [2.24, 2.45) is 0 Å². The maximum atomic E-state index is 12.6. The first-order valence-electron chi connectivity index (χ1n) is 7.81. The van der Waals surface area contributed by atoms with E-state index in [-0.39, 0.29) is 11.9 Å². The lowest BCUT2D eigenvalue weighted by Crippen LogP contribution is -2.46. The third-order valence-corrected chi connectivity index (χ3v) is 3.83. The summed E-state index contributed by atoms with van der Waals surface area (Å²) in [4.78, 5) is 14.9. The van der Waals surface area contributed by atoms with E-state index >= 15 is 0 Å². The Morgan fingerprint density at radius 1 is 1.35 bits per heavy atom. The Balaban J connectivity index is 1.66. The zero-order valence-corrected chi connectivity index (χ0v) is 13.2. The van der Waals surface area contributed by atoms with Crippen LogP contribution in [0.1, 0.15) is 17.3 Å². The number of ether oxygens (including phenoxy) is 1. The fourth-order valence-electron chi connectivity index (χ4n) is 2.72. The van der Waals surface area contributed by atoms with Gasteiger partial charge in [0.25, 0.3) is 5.91 Å². The minimum absolute atomic E-state index is 0.0596. The highest BCUT2D eigenvalue weighted by molar-refractivity contribution is 5.97. The molecule has 2 aromatic rings. The van der Waals surface area contributed by atoms with Crippen molar-refractivity contribution >= 4 is 5.91 Å². The first kappa shape index (κ1) is 15.6. The number of nitrogens with zero attached hydrogens (tertiary/aromatic N) is 4. The van der Waals surface area contributed by atoms with Gasteiger partial charge in [0, 0.05) is 25.7 Å². The number of carbonyl (C=O) groups excluding carboxylic acids is 1. The lowest BCUT2D eigenvalue weighted by Gasteiger charge is -2.29. The lowest BCUT2D eigenvalue weighted by atomic mass is 10.1. The number of para-hydroxylation sites is 1. The normalized spacial score (nSPS) is 16.9. The molecule has 0 saturated carbocycles. The van der Waals surface area contributed by atoms with Crippen molar-refractivity contribution < 1.29 is 9.53 Å². The van der Waals surface area contributed by atoms with Gasteiger partial charge in [0.15, 0.2) is 0 Å². The molecule has 1 aliphatic heterocycles. The number of benzene rings is 1. The van der Waals surface area contributed by atoms with Crippen LogP contribution in [0.25, 0.3) is 5.69 Å². The van der Waals surface area contributed by atoms with Crippen molar-refractivity contribution in [3.63, 3.8) is 0 Å². The van der Waals surface area contributed by atoms with E-state index in [0.29, 0.717) is 5.56 Å². The van der Waals surface area contributed by atoms with Gasteiger partial charge in [0.05, 0.1) is 36.9 Å². The Bertz CT molecular complexity index is 638. The third kappa shape index (κ3) is 3.94. The zero-order valence-electron chi connectivity index (χ0n) is 13.2. The number of morpholine rings is 1. The smallest absolute Gasteiger partial charge is 0.253 e. The Morgan fingerprint density at radius 2 is 2.13 bits per heavy atom. The predicted octanol–water partition coefficient (Wildman–Crippen LogP) is 0.718. The topological polar surface area (TPSA) is 72.3 Å². The maximum Gasteiger partial charge on any atom is 0.253 e. The van der Waals surface area contributed by atoms with Crippen molar-refractivity contribution in [3.8, 4) is 5.69 Å². The Kier molecular flexibility index (Phi) is 4.99. The van der Waals surface area contributed by atoms with Crippen LogP contribution >= 0.6 is 0 Å². The molecule has 1 N–H and O–H groups in total. The van der Waals surface area contributed by atoms with E-state index in [9.17, 15) is 4.79 Å². The van der Waals surface area contributed by atoms with Gasteiger partial charge < -0.3 is 10.1 Å². The molecule has 0 bridgehead atoms. The molecule has 7 heteroatoms. The van der Waals surface area contributed by atoms with Crippen molar-refractivity contribution in [2.75, 3.05) is 32.8 Å². The van der Waals surface area contributed by atoms with Crippen LogP contribution in [0, 0.1) is 0 Å². The van der Waals surface area contributed by atoms with Gasteiger partial charge >= 0.3 is 0 Å². The van der Waals surface area contributed by atoms with Gasteiger partial charge in [-0.2, -0.15) is 0 Å². The molecule has 1 fully saturated rings. The van der Waals surface area contributed by atoms with Gasteiger partial charge in [-0.15, -0.1) is 5.10 Å². The summed E-state index contributed by atoms with van der Waals surface area (Å²) < 4.78 is 6.94. The zero-order chi connectivity index (χ0) is 16.1. The van der Waals surface area contributed by atoms with E-state index < -0.39 is 0 Å². The summed E-state index contributed by atoms with van der Waals surface area (Å²) in [6.45, 7) is 6.18. The van der Waals surface area contributed by atoms with Gasteiger partial charge in [-0.1, -0.05) is 17.3 Å². The molecule has 1 unspecified atom stereocenters. The quantitative estimate of drug-likeness (QED) is 0.880. The van der Waals surface area contributed by atoms with Gasteiger partial charge in [-0.05, 0) is 19.1 Å². The molecule has 1 aliphatic rings. The monoisotopic (exact) mass is 315 g/mol. The summed E-state index contributed by atoms with van der Waals surface area (Å²) in [6, 6.07) is 7.45. The first-order chi connectivity index (χ1) is 11.2. The van der Waals surface area contributed by atoms with Crippen LogP contribution in [0.2, 0.25) is 0 Å². The van der Waals surface area contributed by atoms with E-state index in [1.807, 2.05) is 25.1 Å². The molecule has 1 atom stereocenters. The fraction of sp³-hybridized carbons (Fsp3) is 0.438. The molecular weight excluding hydrogens is 294 g/mol. The predicted molar refractivity (Wildman–Crippen MR) is 85.5 cm³/mol. The number of rotatable bonds is 5. The lowest BCUT2D eigenvalue weighted by molar-refractivity contribution is 0.0342. The number of aromatic nitrogens is 3. The van der Waals surface area contributed by atoms with E-state index in [1.54, 1.807) is 23.1 Å². The Hall–Kier alpha value is -2.25. The summed E-state index contributed by atoms with van der Waals surface area (Å²) in [5.74, 6) is -0.100. The molecule has 2 heterocycles. The van der Waals surface area contributed by atoms with Crippen molar-refractivity contribution in [1.29, 1.82) is 0 Å². The number of hydrogen-bond donors (Lipinski definition) is 1. The minimum atomic E-state index is -0.100. The summed E-state index contributed by atoms with van der Waals surface area (Å²) >= 11 is 0. The molecule has 122 valence electrons. The molecule has 1 aromatic carbocycles. The molecule has 23 heavy (non-hydrogen) atoms. The van der Waals surface area contributed by atoms with Gasteiger partial charge in [0.2, 0.25) is 0 Å². The van der Waals surface area contributed by atoms with Crippen molar-refractivity contribution in [3.05, 3.63) is 42.2 Å². The van der Waals surface area contributed by atoms with Crippen LogP contribution in [0.15, 0.2) is 36.7 Å². The highest BCUT2D eigenvalue weighted by Gasteiger charge is 2.18. The maximum absolute atomic E-state index is 12.6. The number of nitrogens with one attached hydrogen (secondary N) is 1. The third-order valence-electron chi connectivity index (χ3n) is 3.83. The average molecular weight is 315 g/mol. The summed E-state index contributed by atoms with van der Waals surface area (Å²) in [7, 11) is 0. The number of hydrogen-bond acceptors (Lipinski definition) is 5. The molecule has 3 rings (SSSR count). The first-order valence-corrected chi connectivity index (χ1v) is 7.81.